The highest BCUT2D eigenvalue weighted by molar-refractivity contribution is 5.88. The van der Waals surface area contributed by atoms with Crippen molar-refractivity contribution in [2.24, 2.45) is 0 Å². The lowest BCUT2D eigenvalue weighted by molar-refractivity contribution is 0.0697. The number of hydrogen-bond acceptors (Lipinski definition) is 4. The highest BCUT2D eigenvalue weighted by Gasteiger charge is 2.18. The van der Waals surface area contributed by atoms with Crippen LogP contribution in [0.5, 0.6) is 5.75 Å². The Balaban J connectivity index is 1.44. The van der Waals surface area contributed by atoms with Crippen LogP contribution in [0.4, 0.5) is 11.4 Å². The van der Waals surface area contributed by atoms with Gasteiger partial charge in [-0.1, -0.05) is 32.6 Å². The minimum atomic E-state index is -0.884. The van der Waals surface area contributed by atoms with Crippen LogP contribution < -0.4 is 14.5 Å². The quantitative estimate of drug-likeness (QED) is 0.569. The molecule has 0 amide bonds. The summed E-state index contributed by atoms with van der Waals surface area (Å²) in [5.41, 5.74) is 2.63. The zero-order valence-electron chi connectivity index (χ0n) is 17.3. The van der Waals surface area contributed by atoms with E-state index in [1.165, 1.54) is 31.4 Å². The van der Waals surface area contributed by atoms with E-state index in [0.717, 1.165) is 50.6 Å². The Morgan fingerprint density at radius 2 is 1.34 bits per heavy atom. The number of benzene rings is 2. The van der Waals surface area contributed by atoms with Gasteiger partial charge < -0.3 is 19.6 Å². The number of carboxylic acids is 1. The molecule has 0 atom stereocenters. The van der Waals surface area contributed by atoms with E-state index in [4.69, 9.17) is 9.84 Å². The van der Waals surface area contributed by atoms with Crippen LogP contribution in [0.3, 0.4) is 0 Å². The second-order valence-corrected chi connectivity index (χ2v) is 7.58. The summed E-state index contributed by atoms with van der Waals surface area (Å²) in [6.45, 7) is 6.75. The number of nitrogens with zero attached hydrogens (tertiary/aromatic N) is 2. The molecule has 5 heteroatoms. The lowest BCUT2D eigenvalue weighted by atomic mass is 10.1. The number of hydrogen-bond donors (Lipinski definition) is 1. The predicted octanol–water partition coefficient (Wildman–Crippen LogP) is 5.06. The Morgan fingerprint density at radius 1 is 0.828 bits per heavy atom. The van der Waals surface area contributed by atoms with Gasteiger partial charge in [-0.3, -0.25) is 0 Å². The van der Waals surface area contributed by atoms with Crippen LogP contribution in [0.15, 0.2) is 48.5 Å². The molecule has 156 valence electrons. The van der Waals surface area contributed by atoms with Crippen molar-refractivity contribution < 1.29 is 14.6 Å². The SMILES string of the molecule is CCCCCCCOc1ccc(N2CCN(c3ccc(C(=O)O)cc3)CC2)cc1. The summed E-state index contributed by atoms with van der Waals surface area (Å²) in [6.07, 6.45) is 6.25. The first-order valence-corrected chi connectivity index (χ1v) is 10.7. The van der Waals surface area contributed by atoms with E-state index in [2.05, 4.69) is 41.0 Å². The van der Waals surface area contributed by atoms with Gasteiger partial charge in [0, 0.05) is 37.6 Å². The van der Waals surface area contributed by atoms with Crippen LogP contribution in [0, 0.1) is 0 Å². The van der Waals surface area contributed by atoms with Crippen molar-refractivity contribution in [2.45, 2.75) is 39.0 Å². The van der Waals surface area contributed by atoms with Crippen LogP contribution in [0.1, 0.15) is 49.4 Å². The molecule has 5 nitrogen and oxygen atoms in total. The second kappa shape index (κ2) is 10.7. The molecule has 0 unspecified atom stereocenters. The number of piperazine rings is 1. The number of anilines is 2. The standard InChI is InChI=1S/C24H32N2O3/c1-2-3-4-5-6-19-29-23-13-11-22(12-14-23)26-17-15-25(16-18-26)21-9-7-20(8-10-21)24(27)28/h7-14H,2-6,15-19H2,1H3,(H,27,28). The molecule has 0 aromatic heterocycles. The molecule has 1 N–H and O–H groups in total. The summed E-state index contributed by atoms with van der Waals surface area (Å²) < 4.78 is 5.86. The number of rotatable bonds is 10. The Kier molecular flexibility index (Phi) is 7.79. The zero-order valence-corrected chi connectivity index (χ0v) is 17.3. The van der Waals surface area contributed by atoms with Crippen LogP contribution in [-0.4, -0.2) is 43.9 Å². The molecule has 1 heterocycles. The lowest BCUT2D eigenvalue weighted by Crippen LogP contribution is -2.46. The number of unbranched alkanes of at least 4 members (excludes halogenated alkanes) is 4. The van der Waals surface area contributed by atoms with Crippen LogP contribution in [-0.2, 0) is 0 Å². The Labute approximate surface area is 173 Å². The normalized spacial score (nSPS) is 14.1. The van der Waals surface area contributed by atoms with Crippen LogP contribution in [0.2, 0.25) is 0 Å². The van der Waals surface area contributed by atoms with Gasteiger partial charge in [0.25, 0.3) is 0 Å². The molecule has 0 bridgehead atoms. The summed E-state index contributed by atoms with van der Waals surface area (Å²) in [6, 6.07) is 15.6. The molecule has 0 radical (unpaired) electrons. The van der Waals surface area contributed by atoms with E-state index in [1.54, 1.807) is 12.1 Å². The molecular formula is C24H32N2O3. The van der Waals surface area contributed by atoms with Crippen molar-refractivity contribution in [3.8, 4) is 5.75 Å². The van der Waals surface area contributed by atoms with E-state index in [0.29, 0.717) is 5.56 Å². The maximum atomic E-state index is 11.0. The fraction of sp³-hybridized carbons (Fsp3) is 0.458. The van der Waals surface area contributed by atoms with E-state index in [9.17, 15) is 4.79 Å². The molecule has 2 aromatic rings. The topological polar surface area (TPSA) is 53.0 Å². The lowest BCUT2D eigenvalue weighted by Gasteiger charge is -2.37. The predicted molar refractivity (Wildman–Crippen MR) is 119 cm³/mol. The minimum absolute atomic E-state index is 0.329. The molecule has 29 heavy (non-hydrogen) atoms. The monoisotopic (exact) mass is 396 g/mol. The Morgan fingerprint density at radius 3 is 1.86 bits per heavy atom. The molecule has 2 aromatic carbocycles. The van der Waals surface area contributed by atoms with Gasteiger partial charge in [0.05, 0.1) is 12.2 Å². The van der Waals surface area contributed by atoms with Gasteiger partial charge in [-0.05, 0) is 55.0 Å². The largest absolute Gasteiger partial charge is 0.494 e. The Hall–Kier alpha value is -2.69. The summed E-state index contributed by atoms with van der Waals surface area (Å²) >= 11 is 0. The van der Waals surface area contributed by atoms with Gasteiger partial charge in [0.1, 0.15) is 5.75 Å². The number of ether oxygens (including phenoxy) is 1. The van der Waals surface area contributed by atoms with Gasteiger partial charge in [0.2, 0.25) is 0 Å². The molecule has 0 saturated carbocycles. The van der Waals surface area contributed by atoms with E-state index < -0.39 is 5.97 Å². The smallest absolute Gasteiger partial charge is 0.335 e. The van der Waals surface area contributed by atoms with Crippen molar-refractivity contribution in [2.75, 3.05) is 42.6 Å². The maximum Gasteiger partial charge on any atom is 0.335 e. The van der Waals surface area contributed by atoms with Gasteiger partial charge in [0.15, 0.2) is 0 Å². The van der Waals surface area contributed by atoms with Crippen molar-refractivity contribution >= 4 is 17.3 Å². The molecule has 0 aliphatic carbocycles. The Bertz CT molecular complexity index is 751. The number of carboxylic acid groups (broad SMARTS) is 1. The summed E-state index contributed by atoms with van der Waals surface area (Å²) in [5, 5.41) is 9.03. The van der Waals surface area contributed by atoms with Gasteiger partial charge in [-0.15, -0.1) is 0 Å². The molecule has 1 aliphatic heterocycles. The number of aromatic carboxylic acids is 1. The third kappa shape index (κ3) is 6.14. The highest BCUT2D eigenvalue weighted by Crippen LogP contribution is 2.23. The minimum Gasteiger partial charge on any atom is -0.494 e. The van der Waals surface area contributed by atoms with Gasteiger partial charge in [-0.2, -0.15) is 0 Å². The second-order valence-electron chi connectivity index (χ2n) is 7.58. The molecule has 3 rings (SSSR count). The maximum absolute atomic E-state index is 11.0. The summed E-state index contributed by atoms with van der Waals surface area (Å²) in [4.78, 5) is 15.7. The zero-order chi connectivity index (χ0) is 20.5. The molecule has 1 fully saturated rings. The van der Waals surface area contributed by atoms with Crippen molar-refractivity contribution in [1.82, 2.24) is 0 Å². The van der Waals surface area contributed by atoms with E-state index in [1.807, 2.05) is 12.1 Å². The average Bonchev–Trinajstić information content (AvgIpc) is 2.77. The molecular weight excluding hydrogens is 364 g/mol. The van der Waals surface area contributed by atoms with Gasteiger partial charge in [-0.25, -0.2) is 4.79 Å². The third-order valence-electron chi connectivity index (χ3n) is 5.48. The fourth-order valence-electron chi connectivity index (χ4n) is 3.69. The molecule has 1 aliphatic rings. The first kappa shape index (κ1) is 21.0. The average molecular weight is 397 g/mol. The van der Waals surface area contributed by atoms with E-state index in [-0.39, 0.29) is 0 Å². The van der Waals surface area contributed by atoms with Gasteiger partial charge >= 0.3 is 5.97 Å². The molecule has 1 saturated heterocycles. The fourth-order valence-corrected chi connectivity index (χ4v) is 3.69. The third-order valence-corrected chi connectivity index (χ3v) is 5.48. The first-order chi connectivity index (χ1) is 14.2. The highest BCUT2D eigenvalue weighted by atomic mass is 16.5. The van der Waals surface area contributed by atoms with Crippen molar-refractivity contribution in [1.29, 1.82) is 0 Å². The van der Waals surface area contributed by atoms with Crippen molar-refractivity contribution in [3.63, 3.8) is 0 Å². The first-order valence-electron chi connectivity index (χ1n) is 10.7. The summed E-state index contributed by atoms with van der Waals surface area (Å²) in [5.74, 6) is 0.0617. The van der Waals surface area contributed by atoms with Crippen molar-refractivity contribution in [3.05, 3.63) is 54.1 Å². The van der Waals surface area contributed by atoms with Crippen LogP contribution >= 0.6 is 0 Å². The summed E-state index contributed by atoms with van der Waals surface area (Å²) in [7, 11) is 0. The number of carbonyl (C=O) groups is 1. The van der Waals surface area contributed by atoms with E-state index >= 15 is 0 Å². The molecule has 0 spiro atoms. The van der Waals surface area contributed by atoms with Crippen LogP contribution in [0.25, 0.3) is 0 Å².